The third kappa shape index (κ3) is 3.30. The number of nitrogens with zero attached hydrogens (tertiary/aromatic N) is 4. The molecule has 4 aromatic rings. The van der Waals surface area contributed by atoms with Crippen molar-refractivity contribution in [1.29, 1.82) is 0 Å². The quantitative estimate of drug-likeness (QED) is 0.353. The lowest BCUT2D eigenvalue weighted by atomic mass is 9.84. The molecule has 0 aliphatic carbocycles. The summed E-state index contributed by atoms with van der Waals surface area (Å²) in [6.45, 7) is 0. The van der Waals surface area contributed by atoms with E-state index in [1.165, 1.54) is 9.80 Å². The van der Waals surface area contributed by atoms with E-state index in [9.17, 15) is 19.2 Å². The smallest absolute Gasteiger partial charge is 0.253 e. The van der Waals surface area contributed by atoms with Crippen LogP contribution in [-0.4, -0.2) is 45.7 Å². The monoisotopic (exact) mass is 554 g/mol. The Kier molecular flexibility index (Phi) is 5.50. The number of benzene rings is 4. The van der Waals surface area contributed by atoms with Gasteiger partial charge in [0.05, 0.1) is 35.3 Å². The molecule has 0 unspecified atom stereocenters. The minimum absolute atomic E-state index is 0.306. The predicted octanol–water partition coefficient (Wildman–Crippen LogP) is 4.13. The van der Waals surface area contributed by atoms with Gasteiger partial charge in [-0.3, -0.25) is 19.2 Å². The molecule has 8 nitrogen and oxygen atoms in total. The molecule has 8 heteroatoms. The lowest BCUT2D eigenvalue weighted by molar-refractivity contribution is -0.136. The Balaban J connectivity index is 1.33. The third-order valence-electron chi connectivity index (χ3n) is 9.04. The van der Waals surface area contributed by atoms with E-state index >= 15 is 0 Å². The van der Waals surface area contributed by atoms with E-state index < -0.39 is 36.0 Å². The van der Waals surface area contributed by atoms with Crippen LogP contribution < -0.4 is 9.80 Å². The molecular formula is C34H26N4O4. The number of hydrogen-bond acceptors (Lipinski definition) is 6. The summed E-state index contributed by atoms with van der Waals surface area (Å²) in [5.74, 6) is -2.83. The van der Waals surface area contributed by atoms with E-state index in [1.807, 2.05) is 82.8 Å². The number of carbonyl (C=O) groups excluding carboxylic acids is 4. The number of para-hydroxylation sites is 2. The average molecular weight is 555 g/mol. The molecule has 4 aromatic carbocycles. The summed E-state index contributed by atoms with van der Waals surface area (Å²) in [4.78, 5) is 59.7. The highest BCUT2D eigenvalue weighted by atomic mass is 16.2. The highest BCUT2D eigenvalue weighted by Gasteiger charge is 2.73. The fourth-order valence-electron chi connectivity index (χ4n) is 7.46. The Morgan fingerprint density at radius 3 is 1.00 bits per heavy atom. The second-order valence-electron chi connectivity index (χ2n) is 11.1. The largest absolute Gasteiger partial charge is 0.274 e. The van der Waals surface area contributed by atoms with Crippen LogP contribution >= 0.6 is 0 Å². The first-order valence-electron chi connectivity index (χ1n) is 14.1. The van der Waals surface area contributed by atoms with Crippen molar-refractivity contribution in [2.75, 3.05) is 9.80 Å². The van der Waals surface area contributed by atoms with Crippen LogP contribution in [-0.2, 0) is 19.2 Å². The van der Waals surface area contributed by atoms with Crippen molar-refractivity contribution in [2.24, 2.45) is 11.8 Å². The Hall–Kier alpha value is -4.92. The minimum Gasteiger partial charge on any atom is -0.274 e. The lowest BCUT2D eigenvalue weighted by Gasteiger charge is -2.35. The summed E-state index contributed by atoms with van der Waals surface area (Å²) < 4.78 is 0. The minimum atomic E-state index is -0.871. The summed E-state index contributed by atoms with van der Waals surface area (Å²) in [7, 11) is 0. The van der Waals surface area contributed by atoms with Crippen molar-refractivity contribution < 1.29 is 19.2 Å². The van der Waals surface area contributed by atoms with Gasteiger partial charge >= 0.3 is 0 Å². The van der Waals surface area contributed by atoms with Gasteiger partial charge in [-0.15, -0.1) is 0 Å². The van der Waals surface area contributed by atoms with E-state index in [2.05, 4.69) is 0 Å². The van der Waals surface area contributed by atoms with Crippen LogP contribution in [0.5, 0.6) is 0 Å². The van der Waals surface area contributed by atoms with Crippen LogP contribution in [0.1, 0.15) is 23.2 Å². The van der Waals surface area contributed by atoms with Gasteiger partial charge in [0, 0.05) is 0 Å². The molecule has 4 aliphatic heterocycles. The van der Waals surface area contributed by atoms with Gasteiger partial charge in [-0.25, -0.2) is 19.8 Å². The third-order valence-corrected chi connectivity index (χ3v) is 9.04. The molecule has 0 bridgehead atoms. The van der Waals surface area contributed by atoms with E-state index in [4.69, 9.17) is 0 Å². The Morgan fingerprint density at radius 2 is 0.667 bits per heavy atom. The first-order chi connectivity index (χ1) is 20.6. The van der Waals surface area contributed by atoms with Gasteiger partial charge in [-0.2, -0.15) is 0 Å². The van der Waals surface area contributed by atoms with Crippen molar-refractivity contribution in [3.8, 4) is 0 Å². The number of imide groups is 2. The summed E-state index contributed by atoms with van der Waals surface area (Å²) in [6.07, 6.45) is 0. The topological polar surface area (TPSA) is 81.2 Å². The molecule has 42 heavy (non-hydrogen) atoms. The zero-order valence-electron chi connectivity index (χ0n) is 22.4. The van der Waals surface area contributed by atoms with Gasteiger partial charge in [-0.1, -0.05) is 97.1 Å². The molecule has 0 radical (unpaired) electrons. The maximum Gasteiger partial charge on any atom is 0.253 e. The fraction of sp³-hybridized carbons (Fsp3) is 0.176. The molecular weight excluding hydrogens is 528 g/mol. The van der Waals surface area contributed by atoms with Crippen LogP contribution in [0.15, 0.2) is 121 Å². The van der Waals surface area contributed by atoms with E-state index in [0.717, 1.165) is 11.1 Å². The predicted molar refractivity (Wildman–Crippen MR) is 154 cm³/mol. The van der Waals surface area contributed by atoms with Crippen molar-refractivity contribution >= 4 is 35.0 Å². The zero-order valence-corrected chi connectivity index (χ0v) is 22.4. The molecule has 0 spiro atoms. The Bertz CT molecular complexity index is 1590. The van der Waals surface area contributed by atoms with E-state index in [0.29, 0.717) is 11.4 Å². The second-order valence-corrected chi connectivity index (χ2v) is 11.1. The van der Waals surface area contributed by atoms with Crippen LogP contribution in [0.3, 0.4) is 0 Å². The van der Waals surface area contributed by atoms with Crippen LogP contribution in [0.2, 0.25) is 0 Å². The highest BCUT2D eigenvalue weighted by molar-refractivity contribution is 6.26. The molecule has 4 aliphatic rings. The molecule has 4 fully saturated rings. The molecule has 8 rings (SSSR count). The number of fused-ring (bicyclic) bond motifs is 5. The lowest BCUT2D eigenvalue weighted by Crippen LogP contribution is -2.50. The molecule has 206 valence electrons. The SMILES string of the molecule is O=C1[C@H]2[C@@H](C(=O)N1c1ccccc1)N1[C@@H](c3ccccc3)[C@H]3C(=O)N(c4ccccc4)C(=O)[C@@H]3N1[C@@H]2c1ccccc1. The van der Waals surface area contributed by atoms with E-state index in [-0.39, 0.29) is 23.6 Å². The first-order valence-corrected chi connectivity index (χ1v) is 14.1. The molecule has 4 saturated heterocycles. The number of hydrogen-bond donors (Lipinski definition) is 0. The van der Waals surface area contributed by atoms with Crippen molar-refractivity contribution in [2.45, 2.75) is 24.2 Å². The highest BCUT2D eigenvalue weighted by Crippen LogP contribution is 2.59. The molecule has 0 saturated carbocycles. The van der Waals surface area contributed by atoms with Gasteiger partial charge in [0.25, 0.3) is 11.8 Å². The van der Waals surface area contributed by atoms with Crippen LogP contribution in [0.4, 0.5) is 11.4 Å². The van der Waals surface area contributed by atoms with Gasteiger partial charge in [0.1, 0.15) is 12.1 Å². The van der Waals surface area contributed by atoms with Gasteiger partial charge < -0.3 is 0 Å². The maximum atomic E-state index is 14.3. The summed E-state index contributed by atoms with van der Waals surface area (Å²) in [5.41, 5.74) is 2.66. The standard InChI is InChI=1S/C34H26N4O4/c39-31-25-27(21-13-5-1-6-14-21)37-30-26(32(40)36(34(30)42)24-19-11-4-12-20-24)28(22-15-7-2-8-16-22)38(37)29(25)33(41)35(31)23-17-9-3-10-18-23/h1-20,25-30H/t25-,26-,27-,28+,29+,30-/m1/s1. The van der Waals surface area contributed by atoms with Gasteiger partial charge in [-0.05, 0) is 35.4 Å². The van der Waals surface area contributed by atoms with Gasteiger partial charge in [0.15, 0.2) is 0 Å². The number of amides is 4. The first kappa shape index (κ1) is 24.8. The fourth-order valence-corrected chi connectivity index (χ4v) is 7.46. The van der Waals surface area contributed by atoms with Crippen molar-refractivity contribution in [3.05, 3.63) is 132 Å². The number of rotatable bonds is 4. The summed E-state index contributed by atoms with van der Waals surface area (Å²) in [6, 6.07) is 34.0. The Labute approximate surface area is 242 Å². The van der Waals surface area contributed by atoms with Crippen molar-refractivity contribution in [3.63, 3.8) is 0 Å². The van der Waals surface area contributed by atoms with E-state index in [1.54, 1.807) is 48.5 Å². The molecule has 6 atom stereocenters. The summed E-state index contributed by atoms with van der Waals surface area (Å²) >= 11 is 0. The molecule has 4 heterocycles. The Morgan fingerprint density at radius 1 is 0.357 bits per heavy atom. The average Bonchev–Trinajstić information content (AvgIpc) is 3.70. The molecule has 0 N–H and O–H groups in total. The number of carbonyl (C=O) groups is 4. The normalized spacial score (nSPS) is 28.9. The zero-order chi connectivity index (χ0) is 28.5. The number of anilines is 2. The van der Waals surface area contributed by atoms with Crippen molar-refractivity contribution in [1.82, 2.24) is 10.0 Å². The summed E-state index contributed by atoms with van der Waals surface area (Å²) in [5, 5.41) is 3.79. The van der Waals surface area contributed by atoms with Crippen LogP contribution in [0, 0.1) is 11.8 Å². The maximum absolute atomic E-state index is 14.3. The number of hydrazine groups is 1. The second kappa shape index (κ2) is 9.30. The molecule has 4 amide bonds. The molecule has 0 aromatic heterocycles. The van der Waals surface area contributed by atoms with Crippen LogP contribution in [0.25, 0.3) is 0 Å². The van der Waals surface area contributed by atoms with Gasteiger partial charge in [0.2, 0.25) is 11.8 Å².